The van der Waals surface area contributed by atoms with E-state index in [0.717, 1.165) is 12.1 Å². The number of nitrogens with zero attached hydrogens (tertiary/aromatic N) is 2. The Labute approximate surface area is 200 Å². The zero-order valence-corrected chi connectivity index (χ0v) is 19.5. The second kappa shape index (κ2) is 11.0. The third-order valence-electron chi connectivity index (χ3n) is 5.28. The molecular weight excluding hydrogens is 463 g/mol. The quantitative estimate of drug-likeness (QED) is 0.397. The number of hydrogen-bond donors (Lipinski definition) is 3. The fourth-order valence-electron chi connectivity index (χ4n) is 3.49. The number of halogens is 3. The summed E-state index contributed by atoms with van der Waals surface area (Å²) in [6, 6.07) is 11.3. The summed E-state index contributed by atoms with van der Waals surface area (Å²) in [5, 5.41) is 12.0. The van der Waals surface area contributed by atoms with Crippen molar-refractivity contribution in [1.82, 2.24) is 15.1 Å². The summed E-state index contributed by atoms with van der Waals surface area (Å²) in [5.41, 5.74) is 0.766. The third-order valence-corrected chi connectivity index (χ3v) is 5.28. The van der Waals surface area contributed by atoms with Crippen molar-refractivity contribution in [3.63, 3.8) is 0 Å². The van der Waals surface area contributed by atoms with Gasteiger partial charge in [-0.1, -0.05) is 24.3 Å². The van der Waals surface area contributed by atoms with Crippen LogP contribution in [0.1, 0.15) is 33.6 Å². The van der Waals surface area contributed by atoms with Crippen LogP contribution in [0.4, 0.5) is 29.5 Å². The van der Waals surface area contributed by atoms with E-state index in [9.17, 15) is 22.8 Å². The molecule has 1 heterocycles. The average molecular weight is 489 g/mol. The molecule has 3 aromatic rings. The SMILES string of the molecule is CNC(=O)c1nn(-c2ccccc2)c(NC(=O)Nc2cc(C(F)(F)F)ccc2CCCOC)c1C. The molecule has 3 rings (SSSR count). The smallest absolute Gasteiger partial charge is 0.385 e. The zero-order chi connectivity index (χ0) is 25.6. The lowest BCUT2D eigenvalue weighted by molar-refractivity contribution is -0.137. The number of alkyl halides is 3. The van der Waals surface area contributed by atoms with Crippen molar-refractivity contribution in [2.45, 2.75) is 25.9 Å². The molecule has 0 bridgehead atoms. The maximum atomic E-state index is 13.3. The van der Waals surface area contributed by atoms with E-state index in [2.05, 4.69) is 21.0 Å². The summed E-state index contributed by atoms with van der Waals surface area (Å²) in [5.74, 6) is -0.237. The van der Waals surface area contributed by atoms with Crippen LogP contribution in [0.3, 0.4) is 0 Å². The van der Waals surface area contributed by atoms with E-state index < -0.39 is 23.7 Å². The van der Waals surface area contributed by atoms with Crippen molar-refractivity contribution >= 4 is 23.4 Å². The first kappa shape index (κ1) is 25.8. The lowest BCUT2D eigenvalue weighted by Crippen LogP contribution is -2.23. The molecule has 11 heteroatoms. The summed E-state index contributed by atoms with van der Waals surface area (Å²) in [7, 11) is 2.99. The number of aromatic nitrogens is 2. The van der Waals surface area contributed by atoms with E-state index in [1.165, 1.54) is 24.9 Å². The van der Waals surface area contributed by atoms with E-state index in [-0.39, 0.29) is 17.2 Å². The predicted molar refractivity (Wildman–Crippen MR) is 126 cm³/mol. The first-order valence-corrected chi connectivity index (χ1v) is 10.8. The second-order valence-corrected chi connectivity index (χ2v) is 7.69. The Kier molecular flexibility index (Phi) is 8.13. The lowest BCUT2D eigenvalue weighted by Gasteiger charge is -2.16. The highest BCUT2D eigenvalue weighted by atomic mass is 19.4. The van der Waals surface area contributed by atoms with Crippen molar-refractivity contribution in [3.05, 3.63) is 70.9 Å². The van der Waals surface area contributed by atoms with Gasteiger partial charge < -0.3 is 15.4 Å². The van der Waals surface area contributed by atoms with Crippen LogP contribution in [-0.2, 0) is 17.3 Å². The van der Waals surface area contributed by atoms with Gasteiger partial charge in [0.25, 0.3) is 5.91 Å². The Balaban J connectivity index is 1.94. The molecule has 3 amide bonds. The predicted octanol–water partition coefficient (Wildman–Crippen LogP) is 4.78. The molecule has 0 atom stereocenters. The molecule has 0 fully saturated rings. The van der Waals surface area contributed by atoms with Gasteiger partial charge in [0.15, 0.2) is 5.69 Å². The van der Waals surface area contributed by atoms with Gasteiger partial charge in [0, 0.05) is 32.0 Å². The Bertz CT molecular complexity index is 1190. The first-order chi connectivity index (χ1) is 16.7. The number of carbonyl (C=O) groups is 2. The highest BCUT2D eigenvalue weighted by molar-refractivity contribution is 6.02. The molecule has 186 valence electrons. The highest BCUT2D eigenvalue weighted by Gasteiger charge is 2.31. The number of anilines is 2. The van der Waals surface area contributed by atoms with E-state index >= 15 is 0 Å². The maximum absolute atomic E-state index is 13.3. The number of hydrogen-bond acceptors (Lipinski definition) is 4. The van der Waals surface area contributed by atoms with Crippen LogP contribution in [0.15, 0.2) is 48.5 Å². The summed E-state index contributed by atoms with van der Waals surface area (Å²) >= 11 is 0. The number of benzene rings is 2. The second-order valence-electron chi connectivity index (χ2n) is 7.69. The van der Waals surface area contributed by atoms with E-state index in [1.54, 1.807) is 37.3 Å². The Morgan fingerprint density at radius 3 is 2.43 bits per heavy atom. The number of ether oxygens (including phenoxy) is 1. The number of rotatable bonds is 8. The van der Waals surface area contributed by atoms with Crippen LogP contribution >= 0.6 is 0 Å². The summed E-state index contributed by atoms with van der Waals surface area (Å²) in [6.45, 7) is 2.04. The van der Waals surface area contributed by atoms with Crippen LogP contribution in [0.5, 0.6) is 0 Å². The van der Waals surface area contributed by atoms with Gasteiger partial charge in [0.05, 0.1) is 11.3 Å². The van der Waals surface area contributed by atoms with E-state index in [4.69, 9.17) is 4.74 Å². The average Bonchev–Trinajstić information content (AvgIpc) is 3.15. The van der Waals surface area contributed by atoms with Crippen LogP contribution in [0.25, 0.3) is 5.69 Å². The molecule has 1 aromatic heterocycles. The number of nitrogens with one attached hydrogen (secondary N) is 3. The standard InChI is InChI=1S/C24H26F3N5O3/c1-15-20(22(33)28-2)31-32(18-9-5-4-6-10-18)21(15)30-23(34)29-19-14-17(24(25,26)27)12-11-16(19)8-7-13-35-3/h4-6,9-12,14H,7-8,13H2,1-3H3,(H,28,33)(H2,29,30,34). The van der Waals surface area contributed by atoms with Crippen molar-refractivity contribution in [3.8, 4) is 5.69 Å². The Morgan fingerprint density at radius 2 is 1.80 bits per heavy atom. The lowest BCUT2D eigenvalue weighted by atomic mass is 10.0. The monoisotopic (exact) mass is 489 g/mol. The van der Waals surface area contributed by atoms with Crippen LogP contribution < -0.4 is 16.0 Å². The Morgan fingerprint density at radius 1 is 1.09 bits per heavy atom. The number of para-hydroxylation sites is 1. The van der Waals surface area contributed by atoms with E-state index in [1.807, 2.05) is 0 Å². The van der Waals surface area contributed by atoms with E-state index in [0.29, 0.717) is 36.3 Å². The molecular formula is C24H26F3N5O3. The van der Waals surface area contributed by atoms with Crippen molar-refractivity contribution in [1.29, 1.82) is 0 Å². The van der Waals surface area contributed by atoms with Gasteiger partial charge in [-0.3, -0.25) is 10.1 Å². The topological polar surface area (TPSA) is 97.3 Å². The van der Waals surface area contributed by atoms with Crippen LogP contribution in [0.2, 0.25) is 0 Å². The minimum atomic E-state index is -4.57. The summed E-state index contributed by atoms with van der Waals surface area (Å²) in [4.78, 5) is 25.2. The number of aryl methyl sites for hydroxylation is 1. The van der Waals surface area contributed by atoms with Crippen molar-refractivity contribution < 1.29 is 27.5 Å². The van der Waals surface area contributed by atoms with Gasteiger partial charge in [-0.05, 0) is 49.6 Å². The molecule has 0 saturated carbocycles. The molecule has 35 heavy (non-hydrogen) atoms. The van der Waals surface area contributed by atoms with Gasteiger partial charge in [-0.25, -0.2) is 9.48 Å². The third kappa shape index (κ3) is 6.18. The zero-order valence-electron chi connectivity index (χ0n) is 19.5. The van der Waals surface area contributed by atoms with Crippen LogP contribution in [-0.4, -0.2) is 42.5 Å². The first-order valence-electron chi connectivity index (χ1n) is 10.8. The van der Waals surface area contributed by atoms with Crippen LogP contribution in [0, 0.1) is 6.92 Å². The number of carbonyl (C=O) groups excluding carboxylic acids is 2. The molecule has 0 aliphatic carbocycles. The summed E-state index contributed by atoms with van der Waals surface area (Å²) in [6.07, 6.45) is -3.60. The van der Waals surface area contributed by atoms with Crippen molar-refractivity contribution in [2.75, 3.05) is 31.4 Å². The summed E-state index contributed by atoms with van der Waals surface area (Å²) < 4.78 is 46.3. The fourth-order valence-corrected chi connectivity index (χ4v) is 3.49. The highest BCUT2D eigenvalue weighted by Crippen LogP contribution is 2.33. The minimum absolute atomic E-state index is 0.0309. The minimum Gasteiger partial charge on any atom is -0.385 e. The van der Waals surface area contributed by atoms with Gasteiger partial charge >= 0.3 is 12.2 Å². The van der Waals surface area contributed by atoms with Gasteiger partial charge in [0.2, 0.25) is 0 Å². The van der Waals surface area contributed by atoms with Gasteiger partial charge in [-0.15, -0.1) is 0 Å². The fraction of sp³-hybridized carbons (Fsp3) is 0.292. The van der Waals surface area contributed by atoms with Gasteiger partial charge in [0.1, 0.15) is 5.82 Å². The molecule has 0 unspecified atom stereocenters. The molecule has 8 nitrogen and oxygen atoms in total. The van der Waals surface area contributed by atoms with Gasteiger partial charge in [-0.2, -0.15) is 18.3 Å². The molecule has 2 aromatic carbocycles. The molecule has 0 radical (unpaired) electrons. The largest absolute Gasteiger partial charge is 0.416 e. The van der Waals surface area contributed by atoms with Crippen molar-refractivity contribution in [2.24, 2.45) is 0 Å². The normalized spacial score (nSPS) is 11.3. The molecule has 0 spiro atoms. The maximum Gasteiger partial charge on any atom is 0.416 e. The molecule has 3 N–H and O–H groups in total. The number of methoxy groups -OCH3 is 1. The molecule has 0 aliphatic heterocycles. The molecule has 0 aliphatic rings. The molecule has 0 saturated heterocycles. The Hall–Kier alpha value is -3.86. The number of urea groups is 1. The number of amides is 3.